The van der Waals surface area contributed by atoms with Crippen molar-refractivity contribution in [3.05, 3.63) is 0 Å². The summed E-state index contributed by atoms with van der Waals surface area (Å²) in [5.74, 6) is 0.725. The monoisotopic (exact) mass is 296 g/mol. The van der Waals surface area contributed by atoms with E-state index in [0.717, 1.165) is 12.3 Å². The van der Waals surface area contributed by atoms with Crippen LogP contribution in [-0.2, 0) is 4.74 Å². The summed E-state index contributed by atoms with van der Waals surface area (Å²) in [4.78, 5) is 14.3. The summed E-state index contributed by atoms with van der Waals surface area (Å²) >= 11 is 0. The maximum atomic E-state index is 12.5. The normalized spacial score (nSPS) is 41.3. The highest BCUT2D eigenvalue weighted by Crippen LogP contribution is 2.65. The maximum Gasteiger partial charge on any atom is 0.317 e. The average molecular weight is 296 g/mol. The van der Waals surface area contributed by atoms with Crippen molar-refractivity contribution in [1.29, 1.82) is 0 Å². The summed E-state index contributed by atoms with van der Waals surface area (Å²) in [6.45, 7) is 8.62. The van der Waals surface area contributed by atoms with E-state index in [2.05, 4.69) is 26.1 Å². The number of aliphatic hydroxyl groups is 1. The number of aliphatic hydroxyl groups excluding tert-OH is 1. The molecule has 2 aliphatic carbocycles. The van der Waals surface area contributed by atoms with Gasteiger partial charge in [0.05, 0.1) is 25.9 Å². The van der Waals surface area contributed by atoms with Crippen molar-refractivity contribution < 1.29 is 14.6 Å². The van der Waals surface area contributed by atoms with E-state index in [1.54, 1.807) is 4.90 Å². The molecule has 0 spiro atoms. The number of urea groups is 1. The van der Waals surface area contributed by atoms with Crippen LogP contribution in [0, 0.1) is 16.7 Å². The molecule has 0 aromatic rings. The maximum absolute atomic E-state index is 12.5. The second kappa shape index (κ2) is 5.13. The first-order valence-electron chi connectivity index (χ1n) is 8.16. The number of hydrogen-bond acceptors (Lipinski definition) is 3. The molecular weight excluding hydrogens is 268 g/mol. The average Bonchev–Trinajstić information content (AvgIpc) is 2.80. The molecule has 120 valence electrons. The summed E-state index contributed by atoms with van der Waals surface area (Å²) in [5, 5.41) is 12.5. The second-order valence-corrected chi connectivity index (χ2v) is 7.73. The SMILES string of the molecule is CC1(C)[C@H]2CC[C@@]1(C)[C@@H](NC(=O)N1CCO[C@@H](CO)C1)C2. The fraction of sp³-hybridized carbons (Fsp3) is 0.938. The molecule has 0 aromatic carbocycles. The number of ether oxygens (including phenoxy) is 1. The van der Waals surface area contributed by atoms with Crippen LogP contribution in [0.5, 0.6) is 0 Å². The van der Waals surface area contributed by atoms with Crippen LogP contribution >= 0.6 is 0 Å². The van der Waals surface area contributed by atoms with Crippen LogP contribution in [-0.4, -0.2) is 54.5 Å². The molecule has 5 nitrogen and oxygen atoms in total. The summed E-state index contributed by atoms with van der Waals surface area (Å²) in [6, 6.07) is 0.278. The first kappa shape index (κ1) is 15.1. The van der Waals surface area contributed by atoms with Crippen LogP contribution in [0.2, 0.25) is 0 Å². The molecule has 0 aromatic heterocycles. The molecule has 21 heavy (non-hydrogen) atoms. The Labute approximate surface area is 127 Å². The first-order chi connectivity index (χ1) is 9.88. The molecule has 2 N–H and O–H groups in total. The van der Waals surface area contributed by atoms with Crippen LogP contribution in [0.4, 0.5) is 4.79 Å². The van der Waals surface area contributed by atoms with Gasteiger partial charge in [-0.15, -0.1) is 0 Å². The smallest absolute Gasteiger partial charge is 0.317 e. The quantitative estimate of drug-likeness (QED) is 0.814. The first-order valence-corrected chi connectivity index (χ1v) is 8.16. The van der Waals surface area contributed by atoms with E-state index in [0.29, 0.717) is 25.1 Å². The fourth-order valence-electron chi connectivity index (χ4n) is 4.68. The number of nitrogens with zero attached hydrogens (tertiary/aromatic N) is 1. The topological polar surface area (TPSA) is 61.8 Å². The number of nitrogens with one attached hydrogen (secondary N) is 1. The Bertz CT molecular complexity index is 426. The Hall–Kier alpha value is -0.810. The van der Waals surface area contributed by atoms with Gasteiger partial charge in [0.1, 0.15) is 0 Å². The highest BCUT2D eigenvalue weighted by molar-refractivity contribution is 5.75. The van der Waals surface area contributed by atoms with E-state index < -0.39 is 0 Å². The third kappa shape index (κ3) is 2.25. The number of fused-ring (bicyclic) bond motifs is 2. The molecule has 1 heterocycles. The highest BCUT2D eigenvalue weighted by atomic mass is 16.5. The van der Waals surface area contributed by atoms with E-state index in [-0.39, 0.29) is 30.2 Å². The molecular formula is C16H28N2O3. The van der Waals surface area contributed by atoms with Crippen molar-refractivity contribution >= 4 is 6.03 Å². The zero-order chi connectivity index (χ0) is 15.3. The number of hydrogen-bond donors (Lipinski definition) is 2. The fourth-order valence-corrected chi connectivity index (χ4v) is 4.68. The predicted molar refractivity (Wildman–Crippen MR) is 79.9 cm³/mol. The Balaban J connectivity index is 1.64. The van der Waals surface area contributed by atoms with E-state index in [1.165, 1.54) is 12.8 Å². The lowest BCUT2D eigenvalue weighted by molar-refractivity contribution is -0.0410. The zero-order valence-corrected chi connectivity index (χ0v) is 13.4. The van der Waals surface area contributed by atoms with Crippen LogP contribution in [0.25, 0.3) is 0 Å². The zero-order valence-electron chi connectivity index (χ0n) is 13.4. The summed E-state index contributed by atoms with van der Waals surface area (Å²) in [6.07, 6.45) is 3.36. The van der Waals surface area contributed by atoms with Gasteiger partial charge in [-0.05, 0) is 36.0 Å². The van der Waals surface area contributed by atoms with Gasteiger partial charge in [-0.2, -0.15) is 0 Å². The minimum Gasteiger partial charge on any atom is -0.394 e. The molecule has 2 saturated carbocycles. The van der Waals surface area contributed by atoms with Gasteiger partial charge in [-0.25, -0.2) is 4.79 Å². The molecule has 0 radical (unpaired) electrons. The Kier molecular flexibility index (Phi) is 3.69. The molecule has 3 aliphatic rings. The van der Waals surface area contributed by atoms with Gasteiger partial charge in [-0.1, -0.05) is 20.8 Å². The minimum atomic E-state index is -0.239. The summed E-state index contributed by atoms with van der Waals surface area (Å²) in [7, 11) is 0. The van der Waals surface area contributed by atoms with Crippen LogP contribution < -0.4 is 5.32 Å². The standard InChI is InChI=1S/C16H28N2O3/c1-15(2)11-4-5-16(15,3)13(8-11)17-14(20)18-6-7-21-12(9-18)10-19/h11-13,19H,4-10H2,1-3H3,(H,17,20)/t11-,12+,13-,16-/m0/s1. The molecule has 3 fully saturated rings. The number of rotatable bonds is 2. The van der Waals surface area contributed by atoms with Crippen LogP contribution in [0.1, 0.15) is 40.0 Å². The van der Waals surface area contributed by atoms with Gasteiger partial charge in [0.15, 0.2) is 0 Å². The van der Waals surface area contributed by atoms with Crippen molar-refractivity contribution in [3.63, 3.8) is 0 Å². The highest BCUT2D eigenvalue weighted by Gasteiger charge is 2.61. The third-order valence-electron chi connectivity index (χ3n) is 6.72. The van der Waals surface area contributed by atoms with Crippen molar-refractivity contribution in [3.8, 4) is 0 Å². The molecule has 4 atom stereocenters. The predicted octanol–water partition coefficient (Wildman–Crippen LogP) is 1.60. The van der Waals surface area contributed by atoms with Gasteiger partial charge in [0, 0.05) is 12.6 Å². The molecule has 3 rings (SSSR count). The molecule has 1 saturated heterocycles. The lowest BCUT2D eigenvalue weighted by atomic mass is 9.69. The molecule has 2 amide bonds. The van der Waals surface area contributed by atoms with Crippen molar-refractivity contribution in [2.24, 2.45) is 16.7 Å². The lowest BCUT2D eigenvalue weighted by Gasteiger charge is -2.41. The number of carbonyl (C=O) groups is 1. The molecule has 5 heteroatoms. The van der Waals surface area contributed by atoms with Gasteiger partial charge in [0.25, 0.3) is 0 Å². The summed E-state index contributed by atoms with van der Waals surface area (Å²) in [5.41, 5.74) is 0.513. The number of carbonyl (C=O) groups excluding carboxylic acids is 1. The Morgan fingerprint density at radius 3 is 2.76 bits per heavy atom. The Morgan fingerprint density at radius 2 is 2.19 bits per heavy atom. The van der Waals surface area contributed by atoms with Crippen molar-refractivity contribution in [1.82, 2.24) is 10.2 Å². The minimum absolute atomic E-state index is 0.00586. The van der Waals surface area contributed by atoms with E-state index >= 15 is 0 Å². The third-order valence-corrected chi connectivity index (χ3v) is 6.72. The molecule has 0 unspecified atom stereocenters. The van der Waals surface area contributed by atoms with E-state index in [4.69, 9.17) is 4.74 Å². The van der Waals surface area contributed by atoms with Crippen LogP contribution in [0.15, 0.2) is 0 Å². The molecule has 1 aliphatic heterocycles. The van der Waals surface area contributed by atoms with Crippen LogP contribution in [0.3, 0.4) is 0 Å². The van der Waals surface area contributed by atoms with E-state index in [1.807, 2.05) is 0 Å². The summed E-state index contributed by atoms with van der Waals surface area (Å²) < 4.78 is 5.41. The second-order valence-electron chi connectivity index (χ2n) is 7.73. The van der Waals surface area contributed by atoms with Gasteiger partial charge < -0.3 is 20.1 Å². The van der Waals surface area contributed by atoms with Crippen molar-refractivity contribution in [2.45, 2.75) is 52.2 Å². The van der Waals surface area contributed by atoms with Gasteiger partial charge in [0.2, 0.25) is 0 Å². The van der Waals surface area contributed by atoms with Gasteiger partial charge in [-0.3, -0.25) is 0 Å². The largest absolute Gasteiger partial charge is 0.394 e. The van der Waals surface area contributed by atoms with Crippen molar-refractivity contribution in [2.75, 3.05) is 26.3 Å². The van der Waals surface area contributed by atoms with E-state index in [9.17, 15) is 9.90 Å². The van der Waals surface area contributed by atoms with Gasteiger partial charge >= 0.3 is 6.03 Å². The number of amides is 2. The Morgan fingerprint density at radius 1 is 1.43 bits per heavy atom. The lowest BCUT2D eigenvalue weighted by Crippen LogP contribution is -2.55. The number of morpholine rings is 1. The molecule has 2 bridgehead atoms.